The smallest absolute Gasteiger partial charge is 0.212 e. The van der Waals surface area contributed by atoms with Crippen LogP contribution in [0.1, 0.15) is 35.4 Å². The molecule has 39 heavy (non-hydrogen) atoms. The molecular weight excluding hydrogens is 508 g/mol. The van der Waals surface area contributed by atoms with Crippen molar-refractivity contribution in [1.29, 1.82) is 5.26 Å². The summed E-state index contributed by atoms with van der Waals surface area (Å²) in [5, 5.41) is 21.7. The van der Waals surface area contributed by atoms with Gasteiger partial charge in [-0.15, -0.1) is 11.3 Å². The van der Waals surface area contributed by atoms with Crippen LogP contribution in [0.3, 0.4) is 0 Å². The molecule has 6 heterocycles. The first-order valence-electron chi connectivity index (χ1n) is 13.2. The van der Waals surface area contributed by atoms with Gasteiger partial charge in [0, 0.05) is 60.3 Å². The van der Waals surface area contributed by atoms with Gasteiger partial charge in [-0.2, -0.15) is 15.5 Å². The Balaban J connectivity index is 1.12. The number of ether oxygens (including phenoxy) is 1. The maximum absolute atomic E-state index is 9.70. The van der Waals surface area contributed by atoms with E-state index < -0.39 is 0 Å². The van der Waals surface area contributed by atoms with E-state index in [9.17, 15) is 5.26 Å². The standard InChI is InChI=1S/C29H30N8OS/c1-35-17-24(15-32-35)22-11-25(29-23(12-30)14-33-37(29)18-22)26-19-39-28(34-26)6-4-20-7-9-36(10-8-20)16-21-3-5-27(38-2)31-13-21/h3,5,11,13-15,17-20H,4,6-10,16H2,1-2H3. The molecule has 0 radical (unpaired) electrons. The van der Waals surface area contributed by atoms with Crippen LogP contribution >= 0.6 is 11.3 Å². The zero-order valence-electron chi connectivity index (χ0n) is 22.1. The largest absolute Gasteiger partial charge is 0.481 e. The zero-order chi connectivity index (χ0) is 26.8. The number of nitriles is 1. The summed E-state index contributed by atoms with van der Waals surface area (Å²) < 4.78 is 8.73. The Hall–Kier alpha value is -4.07. The van der Waals surface area contributed by atoms with Crippen molar-refractivity contribution in [2.24, 2.45) is 13.0 Å². The van der Waals surface area contributed by atoms with Crippen LogP contribution in [0.15, 0.2) is 54.6 Å². The summed E-state index contributed by atoms with van der Waals surface area (Å²) in [6.45, 7) is 3.15. The van der Waals surface area contributed by atoms with E-state index in [0.29, 0.717) is 17.4 Å². The summed E-state index contributed by atoms with van der Waals surface area (Å²) in [6, 6.07) is 8.41. The third-order valence-corrected chi connectivity index (χ3v) is 8.39. The number of methoxy groups -OCH3 is 1. The first-order chi connectivity index (χ1) is 19.1. The average Bonchev–Trinajstić information content (AvgIpc) is 3.72. The molecule has 0 saturated carbocycles. The van der Waals surface area contributed by atoms with Crippen molar-refractivity contribution >= 4 is 16.9 Å². The molecule has 0 atom stereocenters. The quantitative estimate of drug-likeness (QED) is 0.275. The highest BCUT2D eigenvalue weighted by atomic mass is 32.1. The van der Waals surface area contributed by atoms with Gasteiger partial charge in [-0.25, -0.2) is 14.5 Å². The van der Waals surface area contributed by atoms with Crippen LogP contribution in [0.4, 0.5) is 0 Å². The number of likely N-dealkylation sites (tertiary alicyclic amines) is 1. The van der Waals surface area contributed by atoms with Gasteiger partial charge in [-0.3, -0.25) is 9.58 Å². The fourth-order valence-electron chi connectivity index (χ4n) is 5.32. The normalized spacial score (nSPS) is 14.6. The molecule has 1 fully saturated rings. The van der Waals surface area contributed by atoms with Crippen molar-refractivity contribution in [3.63, 3.8) is 0 Å². The minimum absolute atomic E-state index is 0.550. The molecule has 0 amide bonds. The maximum Gasteiger partial charge on any atom is 0.212 e. The van der Waals surface area contributed by atoms with Crippen molar-refractivity contribution in [3.8, 4) is 34.3 Å². The van der Waals surface area contributed by atoms with E-state index in [1.165, 1.54) is 18.4 Å². The lowest BCUT2D eigenvalue weighted by Gasteiger charge is -2.31. The predicted octanol–water partition coefficient (Wildman–Crippen LogP) is 4.98. The highest BCUT2D eigenvalue weighted by Crippen LogP contribution is 2.33. The number of rotatable bonds is 8. The molecule has 10 heteroatoms. The number of aromatic nitrogens is 6. The summed E-state index contributed by atoms with van der Waals surface area (Å²) in [6.07, 6.45) is 13.8. The molecule has 0 spiro atoms. The van der Waals surface area contributed by atoms with E-state index >= 15 is 0 Å². The molecule has 1 saturated heterocycles. The van der Waals surface area contributed by atoms with E-state index in [2.05, 4.69) is 43.7 Å². The molecule has 1 aliphatic rings. The van der Waals surface area contributed by atoms with Gasteiger partial charge >= 0.3 is 0 Å². The fraction of sp³-hybridized carbons (Fsp3) is 0.345. The molecule has 0 aromatic carbocycles. The number of piperidine rings is 1. The Morgan fingerprint density at radius 3 is 2.69 bits per heavy atom. The summed E-state index contributed by atoms with van der Waals surface area (Å²) >= 11 is 1.70. The van der Waals surface area contributed by atoms with Gasteiger partial charge in [-0.05, 0) is 56.3 Å². The topological polar surface area (TPSA) is 97.2 Å². The van der Waals surface area contributed by atoms with E-state index in [1.807, 2.05) is 37.9 Å². The first-order valence-corrected chi connectivity index (χ1v) is 14.0. The van der Waals surface area contributed by atoms with Gasteiger partial charge in [0.05, 0.1) is 41.3 Å². The Morgan fingerprint density at radius 2 is 1.97 bits per heavy atom. The van der Waals surface area contributed by atoms with Gasteiger partial charge in [0.15, 0.2) is 0 Å². The van der Waals surface area contributed by atoms with E-state index in [4.69, 9.17) is 9.72 Å². The van der Waals surface area contributed by atoms with Crippen LogP contribution in [0.5, 0.6) is 5.88 Å². The molecule has 9 nitrogen and oxygen atoms in total. The second kappa shape index (κ2) is 11.0. The van der Waals surface area contributed by atoms with Crippen LogP contribution in [0, 0.1) is 17.2 Å². The highest BCUT2D eigenvalue weighted by molar-refractivity contribution is 7.09. The number of hydrogen-bond acceptors (Lipinski definition) is 8. The number of aryl methyl sites for hydroxylation is 2. The Kier molecular flexibility index (Phi) is 7.09. The molecule has 6 rings (SSSR count). The molecule has 198 valence electrons. The number of nitrogens with zero attached hydrogens (tertiary/aromatic N) is 8. The van der Waals surface area contributed by atoms with E-state index in [1.54, 1.807) is 33.8 Å². The SMILES string of the molecule is COc1ccc(CN2CCC(CCc3nc(-c4cc(-c5cnn(C)c5)cn5ncc(C#N)c45)cs3)CC2)cn1. The van der Waals surface area contributed by atoms with Gasteiger partial charge in [-0.1, -0.05) is 6.07 Å². The lowest BCUT2D eigenvalue weighted by molar-refractivity contribution is 0.172. The van der Waals surface area contributed by atoms with Crippen LogP contribution in [-0.4, -0.2) is 54.5 Å². The van der Waals surface area contributed by atoms with Crippen molar-refractivity contribution in [2.75, 3.05) is 20.2 Å². The van der Waals surface area contributed by atoms with Crippen molar-refractivity contribution < 1.29 is 4.74 Å². The molecule has 5 aromatic rings. The Labute approximate surface area is 231 Å². The molecule has 0 N–H and O–H groups in total. The monoisotopic (exact) mass is 538 g/mol. The molecule has 0 unspecified atom stereocenters. The van der Waals surface area contributed by atoms with Crippen LogP contribution in [-0.2, 0) is 20.0 Å². The number of hydrogen-bond donors (Lipinski definition) is 0. The van der Waals surface area contributed by atoms with Gasteiger partial charge in [0.1, 0.15) is 6.07 Å². The summed E-state index contributed by atoms with van der Waals surface area (Å²) in [7, 11) is 3.54. The summed E-state index contributed by atoms with van der Waals surface area (Å²) in [5.74, 6) is 1.37. The second-order valence-electron chi connectivity index (χ2n) is 10.1. The van der Waals surface area contributed by atoms with Crippen molar-refractivity contribution in [1.82, 2.24) is 34.3 Å². The third-order valence-electron chi connectivity index (χ3n) is 7.48. The number of fused-ring (bicyclic) bond motifs is 1. The van der Waals surface area contributed by atoms with Crippen LogP contribution < -0.4 is 4.74 Å². The van der Waals surface area contributed by atoms with Gasteiger partial charge in [0.25, 0.3) is 0 Å². The Bertz CT molecular complexity index is 1620. The Morgan fingerprint density at radius 1 is 1.10 bits per heavy atom. The molecule has 0 bridgehead atoms. The minimum atomic E-state index is 0.550. The third kappa shape index (κ3) is 5.41. The van der Waals surface area contributed by atoms with Gasteiger partial charge in [0.2, 0.25) is 5.88 Å². The summed E-state index contributed by atoms with van der Waals surface area (Å²) in [5.41, 5.74) is 6.38. The van der Waals surface area contributed by atoms with E-state index in [-0.39, 0.29) is 0 Å². The predicted molar refractivity (Wildman–Crippen MR) is 150 cm³/mol. The molecular formula is C29H30N8OS. The lowest BCUT2D eigenvalue weighted by Crippen LogP contribution is -2.33. The van der Waals surface area contributed by atoms with Crippen molar-refractivity contribution in [3.05, 3.63) is 70.7 Å². The first kappa shape index (κ1) is 25.2. The zero-order valence-corrected chi connectivity index (χ0v) is 22.9. The van der Waals surface area contributed by atoms with E-state index in [0.717, 1.165) is 65.4 Å². The van der Waals surface area contributed by atoms with Gasteiger partial charge < -0.3 is 4.74 Å². The average molecular weight is 539 g/mol. The number of thiazole rings is 1. The van der Waals surface area contributed by atoms with Crippen LogP contribution in [0.25, 0.3) is 27.9 Å². The van der Waals surface area contributed by atoms with Crippen LogP contribution in [0.2, 0.25) is 0 Å². The minimum Gasteiger partial charge on any atom is -0.481 e. The van der Waals surface area contributed by atoms with Crippen molar-refractivity contribution in [2.45, 2.75) is 32.2 Å². The lowest BCUT2D eigenvalue weighted by atomic mass is 9.92. The molecule has 5 aromatic heterocycles. The second-order valence-corrected chi connectivity index (χ2v) is 11.0. The molecule has 1 aliphatic heterocycles. The molecule has 0 aliphatic carbocycles. The highest BCUT2D eigenvalue weighted by Gasteiger charge is 2.21. The number of pyridine rings is 2. The maximum atomic E-state index is 9.70. The fourth-order valence-corrected chi connectivity index (χ4v) is 6.13. The summed E-state index contributed by atoms with van der Waals surface area (Å²) in [4.78, 5) is 11.9.